The molecule has 0 saturated carbocycles. The Morgan fingerprint density at radius 3 is 2.15 bits per heavy atom. The van der Waals surface area contributed by atoms with Crippen molar-refractivity contribution < 1.29 is 26.3 Å². The summed E-state index contributed by atoms with van der Waals surface area (Å²) in [7, 11) is 0. The van der Waals surface area contributed by atoms with E-state index < -0.39 is 41.3 Å². The first kappa shape index (κ1) is 18.8. The van der Waals surface area contributed by atoms with E-state index in [4.69, 9.17) is 0 Å². The van der Waals surface area contributed by atoms with Crippen LogP contribution in [0.25, 0.3) is 11.3 Å². The molecule has 0 atom stereocenters. The van der Waals surface area contributed by atoms with Crippen LogP contribution >= 0.6 is 0 Å². The van der Waals surface area contributed by atoms with Gasteiger partial charge in [0, 0.05) is 11.6 Å². The number of rotatable bonds is 3. The molecule has 1 heterocycles. The van der Waals surface area contributed by atoms with Crippen LogP contribution in [-0.4, -0.2) is 4.57 Å². The van der Waals surface area contributed by atoms with Crippen molar-refractivity contribution in [2.45, 2.75) is 12.7 Å². The van der Waals surface area contributed by atoms with Crippen molar-refractivity contribution in [3.8, 4) is 11.3 Å². The Morgan fingerprint density at radius 2 is 1.52 bits per heavy atom. The third-order valence-corrected chi connectivity index (χ3v) is 3.97. The topological polar surface area (TPSA) is 22.0 Å². The number of halogens is 6. The fourth-order valence-electron chi connectivity index (χ4n) is 2.63. The van der Waals surface area contributed by atoms with E-state index in [0.29, 0.717) is 12.1 Å². The third kappa shape index (κ3) is 3.74. The smallest absolute Gasteiger partial charge is 0.304 e. The van der Waals surface area contributed by atoms with E-state index in [0.717, 1.165) is 16.7 Å². The Balaban J connectivity index is 2.21. The molecule has 0 aliphatic heterocycles. The van der Waals surface area contributed by atoms with E-state index in [1.807, 2.05) is 0 Å². The lowest BCUT2D eigenvalue weighted by molar-refractivity contribution is -0.137. The number of alkyl halides is 3. The Bertz CT molecular complexity index is 1040. The van der Waals surface area contributed by atoms with Gasteiger partial charge in [-0.1, -0.05) is 36.4 Å². The fraction of sp³-hybridized carbons (Fsp3) is 0.105. The van der Waals surface area contributed by atoms with Gasteiger partial charge in [0.25, 0.3) is 5.56 Å². The molecule has 0 fully saturated rings. The third-order valence-electron chi connectivity index (χ3n) is 3.97. The zero-order valence-corrected chi connectivity index (χ0v) is 13.5. The van der Waals surface area contributed by atoms with Gasteiger partial charge in [-0.25, -0.2) is 13.2 Å². The van der Waals surface area contributed by atoms with Crippen LogP contribution < -0.4 is 5.56 Å². The number of aromatic nitrogens is 1. The molecule has 0 aliphatic carbocycles. The molecule has 140 valence electrons. The summed E-state index contributed by atoms with van der Waals surface area (Å²) in [4.78, 5) is 12.3. The van der Waals surface area contributed by atoms with Crippen LogP contribution in [0, 0.1) is 17.5 Å². The molecule has 3 aromatic rings. The Hall–Kier alpha value is -3.03. The first-order valence-corrected chi connectivity index (χ1v) is 7.68. The van der Waals surface area contributed by atoms with Gasteiger partial charge in [0.2, 0.25) is 0 Å². The molecule has 0 unspecified atom stereocenters. The van der Waals surface area contributed by atoms with Gasteiger partial charge in [0.1, 0.15) is 0 Å². The Labute approximate surface area is 149 Å². The van der Waals surface area contributed by atoms with Crippen molar-refractivity contribution in [2.75, 3.05) is 0 Å². The summed E-state index contributed by atoms with van der Waals surface area (Å²) in [6, 6.07) is 10.5. The van der Waals surface area contributed by atoms with E-state index >= 15 is 0 Å². The molecule has 0 bridgehead atoms. The van der Waals surface area contributed by atoms with Gasteiger partial charge in [-0.05, 0) is 17.7 Å². The monoisotopic (exact) mass is 383 g/mol. The van der Waals surface area contributed by atoms with Crippen LogP contribution in [0.1, 0.15) is 11.1 Å². The first-order valence-electron chi connectivity index (χ1n) is 7.68. The van der Waals surface area contributed by atoms with Crippen LogP contribution in [0.15, 0.2) is 59.4 Å². The highest BCUT2D eigenvalue weighted by molar-refractivity contribution is 5.60. The van der Waals surface area contributed by atoms with Gasteiger partial charge in [-0.15, -0.1) is 0 Å². The molecule has 0 saturated heterocycles. The average molecular weight is 383 g/mol. The summed E-state index contributed by atoms with van der Waals surface area (Å²) in [5.41, 5.74) is -2.42. The summed E-state index contributed by atoms with van der Waals surface area (Å²) in [6.07, 6.45) is -4.75. The summed E-state index contributed by atoms with van der Waals surface area (Å²) < 4.78 is 80.6. The number of hydrogen-bond donors (Lipinski definition) is 0. The minimum absolute atomic E-state index is 0.125. The molecule has 0 amide bonds. The molecule has 8 heteroatoms. The quantitative estimate of drug-likeness (QED) is 0.461. The predicted octanol–water partition coefficient (Wildman–Crippen LogP) is 5.00. The summed E-state index contributed by atoms with van der Waals surface area (Å²) in [5.74, 6) is -4.62. The van der Waals surface area contributed by atoms with Gasteiger partial charge in [-0.2, -0.15) is 13.2 Å². The summed E-state index contributed by atoms with van der Waals surface area (Å²) in [6.45, 7) is -0.565. The van der Waals surface area contributed by atoms with Gasteiger partial charge in [-0.3, -0.25) is 4.79 Å². The molecule has 2 nitrogen and oxygen atoms in total. The number of nitrogens with zero attached hydrogens (tertiary/aromatic N) is 1. The van der Waals surface area contributed by atoms with Crippen molar-refractivity contribution in [3.05, 3.63) is 93.5 Å². The molecule has 1 aromatic heterocycles. The minimum atomic E-state index is -4.75. The SMILES string of the molecule is O=c1cc(C(F)(F)F)cc(-c2ccccc2)n1Cc1ccc(F)c(F)c1F. The molecule has 27 heavy (non-hydrogen) atoms. The van der Waals surface area contributed by atoms with Gasteiger partial charge in [0.05, 0.1) is 17.8 Å². The number of pyridine rings is 1. The highest BCUT2D eigenvalue weighted by Gasteiger charge is 2.32. The second-order valence-electron chi connectivity index (χ2n) is 5.75. The maximum absolute atomic E-state index is 14.0. The highest BCUT2D eigenvalue weighted by Crippen LogP contribution is 2.31. The van der Waals surface area contributed by atoms with E-state index in [1.54, 1.807) is 18.2 Å². The molecular formula is C19H11F6NO. The maximum atomic E-state index is 14.0. The van der Waals surface area contributed by atoms with Crippen molar-refractivity contribution in [2.24, 2.45) is 0 Å². The van der Waals surface area contributed by atoms with Gasteiger partial charge >= 0.3 is 6.18 Å². The zero-order chi connectivity index (χ0) is 19.8. The van der Waals surface area contributed by atoms with E-state index in [1.165, 1.54) is 12.1 Å². The molecular weight excluding hydrogens is 372 g/mol. The zero-order valence-electron chi connectivity index (χ0n) is 13.5. The van der Waals surface area contributed by atoms with Gasteiger partial charge < -0.3 is 4.57 Å². The lowest BCUT2D eigenvalue weighted by Crippen LogP contribution is -2.25. The van der Waals surface area contributed by atoms with E-state index in [9.17, 15) is 31.1 Å². The van der Waals surface area contributed by atoms with E-state index in [2.05, 4.69) is 0 Å². The van der Waals surface area contributed by atoms with Crippen LogP contribution in [0.2, 0.25) is 0 Å². The molecule has 2 aromatic carbocycles. The summed E-state index contributed by atoms with van der Waals surface area (Å²) >= 11 is 0. The summed E-state index contributed by atoms with van der Waals surface area (Å²) in [5, 5.41) is 0. The maximum Gasteiger partial charge on any atom is 0.416 e. The lowest BCUT2D eigenvalue weighted by Gasteiger charge is -2.16. The second kappa shape index (κ2) is 6.94. The van der Waals surface area contributed by atoms with Crippen molar-refractivity contribution in [1.82, 2.24) is 4.57 Å². The molecule has 0 aliphatic rings. The normalized spacial score (nSPS) is 11.6. The van der Waals surface area contributed by atoms with Gasteiger partial charge in [0.15, 0.2) is 17.5 Å². The minimum Gasteiger partial charge on any atom is -0.304 e. The molecule has 0 spiro atoms. The lowest BCUT2D eigenvalue weighted by atomic mass is 10.1. The van der Waals surface area contributed by atoms with Crippen LogP contribution in [-0.2, 0) is 12.7 Å². The first-order chi connectivity index (χ1) is 12.7. The molecule has 0 radical (unpaired) electrons. The van der Waals surface area contributed by atoms with Crippen molar-refractivity contribution in [1.29, 1.82) is 0 Å². The highest BCUT2D eigenvalue weighted by atomic mass is 19.4. The Morgan fingerprint density at radius 1 is 0.852 bits per heavy atom. The molecule has 3 rings (SSSR count). The van der Waals surface area contributed by atoms with Crippen LogP contribution in [0.5, 0.6) is 0 Å². The number of benzene rings is 2. The second-order valence-corrected chi connectivity index (χ2v) is 5.75. The largest absolute Gasteiger partial charge is 0.416 e. The van der Waals surface area contributed by atoms with Crippen molar-refractivity contribution >= 4 is 0 Å². The molecule has 0 N–H and O–H groups in total. The van der Waals surface area contributed by atoms with E-state index in [-0.39, 0.29) is 16.8 Å². The van der Waals surface area contributed by atoms with Crippen LogP contribution in [0.3, 0.4) is 0 Å². The number of hydrogen-bond acceptors (Lipinski definition) is 1. The predicted molar refractivity (Wildman–Crippen MR) is 86.6 cm³/mol. The fourth-order valence-corrected chi connectivity index (χ4v) is 2.63. The Kier molecular flexibility index (Phi) is 4.82. The van der Waals surface area contributed by atoms with Crippen molar-refractivity contribution in [3.63, 3.8) is 0 Å². The van der Waals surface area contributed by atoms with Crippen LogP contribution in [0.4, 0.5) is 26.3 Å². The average Bonchev–Trinajstić information content (AvgIpc) is 2.63. The standard InChI is InChI=1S/C19H11F6NO/c20-14-7-6-12(17(21)18(14)22)10-26-15(11-4-2-1-3-5-11)8-13(9-16(26)27)19(23,24)25/h1-9H,10H2.